The third-order valence-electron chi connectivity index (χ3n) is 5.17. The highest BCUT2D eigenvalue weighted by atomic mass is 32.2. The fourth-order valence-corrected chi connectivity index (χ4v) is 4.31. The summed E-state index contributed by atoms with van der Waals surface area (Å²) in [6.45, 7) is 0. The van der Waals surface area contributed by atoms with Gasteiger partial charge < -0.3 is 5.32 Å². The third-order valence-corrected chi connectivity index (χ3v) is 6.52. The lowest BCUT2D eigenvalue weighted by Crippen LogP contribution is -2.17. The van der Waals surface area contributed by atoms with Crippen LogP contribution in [0.25, 0.3) is 5.69 Å². The lowest BCUT2D eigenvalue weighted by atomic mass is 10.2. The molecule has 0 aliphatic heterocycles. The first kappa shape index (κ1) is 20.8. The number of nitrogens with zero attached hydrogens (tertiary/aromatic N) is 4. The van der Waals surface area contributed by atoms with Crippen LogP contribution in [0.1, 0.15) is 34.9 Å². The summed E-state index contributed by atoms with van der Waals surface area (Å²) in [7, 11) is -3.85. The number of anilines is 2. The highest BCUT2D eigenvalue weighted by molar-refractivity contribution is 7.92. The minimum atomic E-state index is -3.85. The molecule has 5 rings (SSSR count). The molecule has 1 fully saturated rings. The van der Waals surface area contributed by atoms with Crippen molar-refractivity contribution in [2.75, 3.05) is 10.0 Å². The molecule has 4 aromatic rings. The van der Waals surface area contributed by atoms with Gasteiger partial charge in [-0.25, -0.2) is 27.8 Å². The molecule has 166 valence electrons. The van der Waals surface area contributed by atoms with Gasteiger partial charge in [-0.15, -0.1) is 0 Å². The summed E-state index contributed by atoms with van der Waals surface area (Å²) in [5.41, 5.74) is 2.58. The van der Waals surface area contributed by atoms with Crippen LogP contribution in [-0.4, -0.2) is 34.1 Å². The van der Waals surface area contributed by atoms with Crippen LogP contribution in [-0.2, 0) is 10.0 Å². The van der Waals surface area contributed by atoms with Crippen molar-refractivity contribution < 1.29 is 13.2 Å². The van der Waals surface area contributed by atoms with Crippen molar-refractivity contribution in [1.82, 2.24) is 19.7 Å². The van der Waals surface area contributed by atoms with Gasteiger partial charge in [0.1, 0.15) is 5.69 Å². The molecule has 1 aliphatic rings. The van der Waals surface area contributed by atoms with Gasteiger partial charge in [-0.1, -0.05) is 18.2 Å². The first-order valence-corrected chi connectivity index (χ1v) is 11.8. The van der Waals surface area contributed by atoms with Crippen molar-refractivity contribution in [1.29, 1.82) is 0 Å². The summed E-state index contributed by atoms with van der Waals surface area (Å²) in [6.07, 6.45) is 5.03. The lowest BCUT2D eigenvalue weighted by molar-refractivity contribution is 0.101. The van der Waals surface area contributed by atoms with Gasteiger partial charge in [0.05, 0.1) is 16.3 Å². The van der Waals surface area contributed by atoms with Gasteiger partial charge in [0.15, 0.2) is 0 Å². The maximum atomic E-state index is 13.1. The fraction of sp³-hybridized carbons (Fsp3) is 0.130. The Kier molecular flexibility index (Phi) is 5.35. The first-order valence-electron chi connectivity index (χ1n) is 10.4. The molecule has 0 bridgehead atoms. The van der Waals surface area contributed by atoms with Gasteiger partial charge in [0.2, 0.25) is 5.95 Å². The molecule has 0 saturated heterocycles. The zero-order valence-electron chi connectivity index (χ0n) is 17.4. The Morgan fingerprint density at radius 2 is 1.64 bits per heavy atom. The number of hydrogen-bond donors (Lipinski definition) is 2. The molecule has 2 aromatic carbocycles. The minimum absolute atomic E-state index is 0.0180. The summed E-state index contributed by atoms with van der Waals surface area (Å²) < 4.78 is 29.0. The van der Waals surface area contributed by atoms with Gasteiger partial charge in [-0.3, -0.25) is 4.79 Å². The number of amides is 1. The number of carbonyl (C=O) groups is 1. The van der Waals surface area contributed by atoms with Crippen molar-refractivity contribution >= 4 is 27.6 Å². The Labute approximate surface area is 190 Å². The van der Waals surface area contributed by atoms with Crippen molar-refractivity contribution in [3.05, 3.63) is 90.5 Å². The standard InChI is InChI=1S/C23H20N6O3S/c30-22(21-15-20(16-7-8-16)27-29(21)18-5-2-1-3-6-18)26-17-9-11-19(12-10-17)33(31,32)28-23-24-13-4-14-25-23/h1-6,9-16H,7-8H2,(H,26,30)(H,24,25,28). The van der Waals surface area contributed by atoms with Crippen molar-refractivity contribution in [2.24, 2.45) is 0 Å². The molecule has 9 nitrogen and oxygen atoms in total. The van der Waals surface area contributed by atoms with Crippen LogP contribution >= 0.6 is 0 Å². The van der Waals surface area contributed by atoms with Gasteiger partial charge in [0, 0.05) is 24.0 Å². The Morgan fingerprint density at radius 3 is 2.30 bits per heavy atom. The van der Waals surface area contributed by atoms with Gasteiger partial charge in [0.25, 0.3) is 15.9 Å². The number of carbonyl (C=O) groups excluding carboxylic acids is 1. The molecule has 1 amide bonds. The number of aromatic nitrogens is 4. The first-order chi connectivity index (χ1) is 16.0. The molecular weight excluding hydrogens is 440 g/mol. The molecule has 1 saturated carbocycles. The lowest BCUT2D eigenvalue weighted by Gasteiger charge is -2.10. The van der Waals surface area contributed by atoms with Crippen LogP contribution in [0.5, 0.6) is 0 Å². The Balaban J connectivity index is 1.35. The Morgan fingerprint density at radius 1 is 0.939 bits per heavy atom. The summed E-state index contributed by atoms with van der Waals surface area (Å²) in [6, 6.07) is 18.8. The predicted octanol–water partition coefficient (Wildman–Crippen LogP) is 3.59. The molecule has 0 unspecified atom stereocenters. The smallest absolute Gasteiger partial charge is 0.274 e. The van der Waals surface area contributed by atoms with E-state index < -0.39 is 10.0 Å². The summed E-state index contributed by atoms with van der Waals surface area (Å²) in [5, 5.41) is 7.48. The van der Waals surface area contributed by atoms with Crippen molar-refractivity contribution in [3.63, 3.8) is 0 Å². The number of hydrogen-bond acceptors (Lipinski definition) is 6. The largest absolute Gasteiger partial charge is 0.321 e. The van der Waals surface area contributed by atoms with E-state index in [1.807, 2.05) is 36.4 Å². The molecular formula is C23H20N6O3S. The highest BCUT2D eigenvalue weighted by Gasteiger charge is 2.29. The monoisotopic (exact) mass is 460 g/mol. The Bertz CT molecular complexity index is 1380. The van der Waals surface area contributed by atoms with E-state index >= 15 is 0 Å². The van der Waals surface area contributed by atoms with Crippen LogP contribution in [0.15, 0.2) is 84.0 Å². The van der Waals surface area contributed by atoms with E-state index in [-0.39, 0.29) is 16.8 Å². The number of sulfonamides is 1. The van der Waals surface area contributed by atoms with Gasteiger partial charge in [-0.05, 0) is 61.4 Å². The normalized spacial score (nSPS) is 13.5. The van der Waals surface area contributed by atoms with Crippen LogP contribution < -0.4 is 10.0 Å². The maximum Gasteiger partial charge on any atom is 0.274 e. The number of benzene rings is 2. The highest BCUT2D eigenvalue weighted by Crippen LogP contribution is 2.39. The van der Waals surface area contributed by atoms with E-state index in [1.165, 1.54) is 36.7 Å². The maximum absolute atomic E-state index is 13.1. The van der Waals surface area contributed by atoms with Crippen LogP contribution in [0.4, 0.5) is 11.6 Å². The second-order valence-corrected chi connectivity index (χ2v) is 9.31. The molecule has 0 atom stereocenters. The molecule has 1 aliphatic carbocycles. The molecule has 10 heteroatoms. The van der Waals surface area contributed by atoms with Crippen molar-refractivity contribution in [3.8, 4) is 5.69 Å². The molecule has 2 aromatic heterocycles. The summed E-state index contributed by atoms with van der Waals surface area (Å²) in [4.78, 5) is 20.8. The average molecular weight is 461 g/mol. The van der Waals surface area contributed by atoms with E-state index in [2.05, 4.69) is 25.1 Å². The van der Waals surface area contributed by atoms with E-state index in [9.17, 15) is 13.2 Å². The zero-order valence-corrected chi connectivity index (χ0v) is 18.2. The summed E-state index contributed by atoms with van der Waals surface area (Å²) >= 11 is 0. The topological polar surface area (TPSA) is 119 Å². The molecule has 0 spiro atoms. The average Bonchev–Trinajstić information content (AvgIpc) is 3.58. The van der Waals surface area contributed by atoms with E-state index in [4.69, 9.17) is 0 Å². The Hall–Kier alpha value is -4.05. The van der Waals surface area contributed by atoms with Crippen LogP contribution in [0.3, 0.4) is 0 Å². The molecule has 2 N–H and O–H groups in total. The summed E-state index contributed by atoms with van der Waals surface area (Å²) in [5.74, 6) is 0.0484. The van der Waals surface area contributed by atoms with Crippen LogP contribution in [0.2, 0.25) is 0 Å². The number of para-hydroxylation sites is 1. The second-order valence-electron chi connectivity index (χ2n) is 7.63. The molecule has 0 radical (unpaired) electrons. The van der Waals surface area contributed by atoms with Gasteiger partial charge >= 0.3 is 0 Å². The van der Waals surface area contributed by atoms with E-state index in [1.54, 1.807) is 10.7 Å². The van der Waals surface area contributed by atoms with Crippen LogP contribution in [0, 0.1) is 0 Å². The zero-order chi connectivity index (χ0) is 22.8. The van der Waals surface area contributed by atoms with E-state index in [0.717, 1.165) is 24.2 Å². The minimum Gasteiger partial charge on any atom is -0.321 e. The second kappa shape index (κ2) is 8.47. The quantitative estimate of drug-likeness (QED) is 0.435. The third kappa shape index (κ3) is 4.60. The number of rotatable bonds is 7. The number of nitrogens with one attached hydrogen (secondary N) is 2. The predicted molar refractivity (Wildman–Crippen MR) is 123 cm³/mol. The van der Waals surface area contributed by atoms with Gasteiger partial charge in [-0.2, -0.15) is 5.10 Å². The fourth-order valence-electron chi connectivity index (χ4n) is 3.35. The van der Waals surface area contributed by atoms with Crippen molar-refractivity contribution in [2.45, 2.75) is 23.7 Å². The SMILES string of the molecule is O=C(Nc1ccc(S(=O)(=O)Nc2ncccn2)cc1)c1cc(C2CC2)nn1-c1ccccc1. The molecule has 2 heterocycles. The van der Waals surface area contributed by atoms with E-state index in [0.29, 0.717) is 17.3 Å². The molecule has 33 heavy (non-hydrogen) atoms.